The van der Waals surface area contributed by atoms with E-state index in [1.54, 1.807) is 6.07 Å². The molecule has 2 aromatic carbocycles. The molecule has 3 rings (SSSR count). The van der Waals surface area contributed by atoms with Crippen molar-refractivity contribution in [1.82, 2.24) is 0 Å². The highest BCUT2D eigenvalue weighted by molar-refractivity contribution is 6.35. The lowest BCUT2D eigenvalue weighted by molar-refractivity contribution is 0.529. The van der Waals surface area contributed by atoms with Crippen molar-refractivity contribution < 1.29 is 0 Å². The third-order valence-electron chi connectivity index (χ3n) is 4.10. The second-order valence-corrected chi connectivity index (χ2v) is 6.32. The molecule has 2 N–H and O–H groups in total. The van der Waals surface area contributed by atoms with Gasteiger partial charge >= 0.3 is 0 Å². The van der Waals surface area contributed by atoms with Crippen LogP contribution in [-0.4, -0.2) is 6.04 Å². The van der Waals surface area contributed by atoms with E-state index in [1.807, 2.05) is 18.2 Å². The van der Waals surface area contributed by atoms with Crippen LogP contribution in [0, 0.1) is 0 Å². The Labute approximate surface area is 135 Å². The number of allylic oxidation sites excluding steroid dienone is 1. The average molecular weight is 318 g/mol. The van der Waals surface area contributed by atoms with Crippen molar-refractivity contribution in [1.29, 1.82) is 0 Å². The van der Waals surface area contributed by atoms with Gasteiger partial charge in [0.2, 0.25) is 0 Å². The van der Waals surface area contributed by atoms with Crippen LogP contribution in [0.1, 0.15) is 29.9 Å². The van der Waals surface area contributed by atoms with Crippen molar-refractivity contribution in [3.05, 3.63) is 75.8 Å². The lowest BCUT2D eigenvalue weighted by Gasteiger charge is -2.30. The Morgan fingerprint density at radius 3 is 2.48 bits per heavy atom. The summed E-state index contributed by atoms with van der Waals surface area (Å²) < 4.78 is 0. The van der Waals surface area contributed by atoms with E-state index in [4.69, 9.17) is 28.9 Å². The summed E-state index contributed by atoms with van der Waals surface area (Å²) in [6, 6.07) is 16.2. The molecule has 0 aromatic heterocycles. The van der Waals surface area contributed by atoms with Crippen LogP contribution in [0.3, 0.4) is 0 Å². The molecule has 0 amide bonds. The fraction of sp³-hybridized carbons (Fsp3) is 0.222. The topological polar surface area (TPSA) is 26.0 Å². The zero-order chi connectivity index (χ0) is 14.8. The molecule has 2 aromatic rings. The van der Waals surface area contributed by atoms with E-state index in [1.165, 1.54) is 11.1 Å². The van der Waals surface area contributed by atoms with E-state index < -0.39 is 0 Å². The Bertz CT molecular complexity index is 664. The second-order valence-electron chi connectivity index (χ2n) is 5.47. The SMILES string of the molecule is N[C@@H]1CC=C(c2ccccc2)C[C@H]1c1ccc(Cl)cc1Cl. The van der Waals surface area contributed by atoms with Crippen molar-refractivity contribution in [3.63, 3.8) is 0 Å². The van der Waals surface area contributed by atoms with Crippen molar-refractivity contribution in [2.24, 2.45) is 5.73 Å². The van der Waals surface area contributed by atoms with Gasteiger partial charge in [-0.05, 0) is 41.7 Å². The van der Waals surface area contributed by atoms with Gasteiger partial charge in [-0.25, -0.2) is 0 Å². The molecular weight excluding hydrogens is 301 g/mol. The number of hydrogen-bond donors (Lipinski definition) is 1. The van der Waals surface area contributed by atoms with Crippen LogP contribution in [0.2, 0.25) is 10.0 Å². The van der Waals surface area contributed by atoms with Crippen LogP contribution < -0.4 is 5.73 Å². The van der Waals surface area contributed by atoms with E-state index in [9.17, 15) is 0 Å². The molecule has 2 atom stereocenters. The van der Waals surface area contributed by atoms with Crippen LogP contribution in [0.15, 0.2) is 54.6 Å². The molecule has 21 heavy (non-hydrogen) atoms. The maximum atomic E-state index is 6.36. The molecule has 0 spiro atoms. The first-order chi connectivity index (χ1) is 10.1. The number of rotatable bonds is 2. The van der Waals surface area contributed by atoms with Gasteiger partial charge in [-0.1, -0.05) is 65.7 Å². The first-order valence-corrected chi connectivity index (χ1v) is 7.85. The number of nitrogens with two attached hydrogens (primary N) is 1. The Morgan fingerprint density at radius 1 is 1.00 bits per heavy atom. The van der Waals surface area contributed by atoms with Crippen LogP contribution in [0.5, 0.6) is 0 Å². The van der Waals surface area contributed by atoms with E-state index in [2.05, 4.69) is 30.3 Å². The van der Waals surface area contributed by atoms with E-state index >= 15 is 0 Å². The summed E-state index contributed by atoms with van der Waals surface area (Å²) in [5.41, 5.74) is 10.0. The van der Waals surface area contributed by atoms with Gasteiger partial charge in [0.15, 0.2) is 0 Å². The minimum absolute atomic E-state index is 0.0936. The summed E-state index contributed by atoms with van der Waals surface area (Å²) in [5, 5.41) is 1.37. The summed E-state index contributed by atoms with van der Waals surface area (Å²) >= 11 is 12.4. The van der Waals surface area contributed by atoms with Gasteiger partial charge in [0.25, 0.3) is 0 Å². The van der Waals surface area contributed by atoms with Gasteiger partial charge in [0.1, 0.15) is 0 Å². The Balaban J connectivity index is 1.92. The van der Waals surface area contributed by atoms with E-state index in [0.717, 1.165) is 18.4 Å². The van der Waals surface area contributed by atoms with Crippen LogP contribution in [0.4, 0.5) is 0 Å². The lowest BCUT2D eigenvalue weighted by Crippen LogP contribution is -2.30. The Kier molecular flexibility index (Phi) is 4.34. The minimum Gasteiger partial charge on any atom is -0.327 e. The fourth-order valence-electron chi connectivity index (χ4n) is 2.94. The zero-order valence-electron chi connectivity index (χ0n) is 11.6. The molecule has 0 saturated carbocycles. The number of halogens is 2. The molecule has 108 valence electrons. The largest absolute Gasteiger partial charge is 0.327 e. The van der Waals surface area contributed by atoms with Crippen molar-refractivity contribution in [3.8, 4) is 0 Å². The smallest absolute Gasteiger partial charge is 0.0456 e. The van der Waals surface area contributed by atoms with Gasteiger partial charge in [0.05, 0.1) is 0 Å². The number of benzene rings is 2. The summed E-state index contributed by atoms with van der Waals surface area (Å²) in [4.78, 5) is 0. The third-order valence-corrected chi connectivity index (χ3v) is 4.66. The van der Waals surface area contributed by atoms with E-state index in [0.29, 0.717) is 10.0 Å². The van der Waals surface area contributed by atoms with Crippen LogP contribution in [0.25, 0.3) is 5.57 Å². The summed E-state index contributed by atoms with van der Waals surface area (Å²) in [6.07, 6.45) is 4.03. The highest BCUT2D eigenvalue weighted by atomic mass is 35.5. The predicted octanol–water partition coefficient (Wildman–Crippen LogP) is 5.28. The number of hydrogen-bond acceptors (Lipinski definition) is 1. The Hall–Kier alpha value is -1.28. The predicted molar refractivity (Wildman–Crippen MR) is 90.8 cm³/mol. The molecule has 0 unspecified atom stereocenters. The lowest BCUT2D eigenvalue weighted by atomic mass is 9.78. The van der Waals surface area contributed by atoms with Gasteiger partial charge in [-0.2, -0.15) is 0 Å². The maximum Gasteiger partial charge on any atom is 0.0456 e. The molecule has 0 radical (unpaired) electrons. The summed E-state index contributed by atoms with van der Waals surface area (Å²) in [5.74, 6) is 0.231. The van der Waals surface area contributed by atoms with Crippen molar-refractivity contribution in [2.75, 3.05) is 0 Å². The van der Waals surface area contributed by atoms with Crippen molar-refractivity contribution >= 4 is 28.8 Å². The first-order valence-electron chi connectivity index (χ1n) is 7.10. The highest BCUT2D eigenvalue weighted by Crippen LogP contribution is 2.39. The van der Waals surface area contributed by atoms with Gasteiger partial charge in [-0.15, -0.1) is 0 Å². The van der Waals surface area contributed by atoms with Gasteiger partial charge in [-0.3, -0.25) is 0 Å². The quantitative estimate of drug-likeness (QED) is 0.801. The zero-order valence-corrected chi connectivity index (χ0v) is 13.1. The molecule has 0 fully saturated rings. The minimum atomic E-state index is 0.0936. The molecule has 0 saturated heterocycles. The summed E-state index contributed by atoms with van der Waals surface area (Å²) in [7, 11) is 0. The molecule has 3 heteroatoms. The highest BCUT2D eigenvalue weighted by Gasteiger charge is 2.26. The normalized spacial score (nSPS) is 22.0. The molecule has 0 bridgehead atoms. The molecule has 0 aliphatic heterocycles. The van der Waals surface area contributed by atoms with Crippen LogP contribution >= 0.6 is 23.2 Å². The van der Waals surface area contributed by atoms with Crippen molar-refractivity contribution in [2.45, 2.75) is 24.8 Å². The molecule has 1 aliphatic carbocycles. The second kappa shape index (κ2) is 6.23. The first kappa shape index (κ1) is 14.6. The third kappa shape index (κ3) is 3.16. The van der Waals surface area contributed by atoms with Crippen LogP contribution in [-0.2, 0) is 0 Å². The molecule has 1 aliphatic rings. The standard InChI is InChI=1S/C18H17Cl2N/c19-14-7-8-15(17(20)11-14)16-10-13(6-9-18(16)21)12-4-2-1-3-5-12/h1-8,11,16,18H,9-10,21H2/t16-,18+/m0/s1. The van der Waals surface area contributed by atoms with Gasteiger partial charge in [0, 0.05) is 22.0 Å². The van der Waals surface area contributed by atoms with Gasteiger partial charge < -0.3 is 5.73 Å². The Morgan fingerprint density at radius 2 is 1.76 bits per heavy atom. The van der Waals surface area contributed by atoms with E-state index in [-0.39, 0.29) is 12.0 Å². The molecule has 0 heterocycles. The maximum absolute atomic E-state index is 6.36. The summed E-state index contributed by atoms with van der Waals surface area (Å²) in [6.45, 7) is 0. The average Bonchev–Trinajstić information content (AvgIpc) is 2.49. The monoisotopic (exact) mass is 317 g/mol. The molecular formula is C18H17Cl2N. The fourth-order valence-corrected chi connectivity index (χ4v) is 3.49. The molecule has 1 nitrogen and oxygen atoms in total.